The number of aryl methyl sites for hydroxylation is 1. The number of H-pyrrole nitrogens is 1. The Hall–Kier alpha value is -2.10. The van der Waals surface area contributed by atoms with Crippen molar-refractivity contribution in [2.24, 2.45) is 5.92 Å². The number of likely N-dealkylation sites (tertiary alicyclic amines) is 1. The molecule has 0 aliphatic carbocycles. The van der Waals surface area contributed by atoms with Crippen LogP contribution < -0.4 is 0 Å². The number of hydrogen-bond donors (Lipinski definition) is 1. The molecule has 0 spiro atoms. The van der Waals surface area contributed by atoms with Gasteiger partial charge in [0, 0.05) is 24.7 Å². The van der Waals surface area contributed by atoms with Crippen molar-refractivity contribution in [3.8, 4) is 0 Å². The van der Waals surface area contributed by atoms with Crippen LogP contribution in [0.5, 0.6) is 0 Å². The quantitative estimate of drug-likeness (QED) is 0.799. The summed E-state index contributed by atoms with van der Waals surface area (Å²) in [6.07, 6.45) is -4.02. The fraction of sp³-hybridized carbons (Fsp3) is 0.438. The first kappa shape index (κ1) is 18.7. The van der Waals surface area contributed by atoms with Gasteiger partial charge in [-0.1, -0.05) is 6.07 Å². The van der Waals surface area contributed by atoms with Crippen LogP contribution in [0.15, 0.2) is 18.2 Å². The van der Waals surface area contributed by atoms with E-state index in [1.807, 2.05) is 0 Å². The summed E-state index contributed by atoms with van der Waals surface area (Å²) in [4.78, 5) is 16.0. The number of benzene rings is 1. The first-order valence-corrected chi connectivity index (χ1v) is 9.67. The number of nitrogens with one attached hydrogen (secondary N) is 1. The van der Waals surface area contributed by atoms with E-state index >= 15 is 0 Å². The molecule has 2 aromatic rings. The molecule has 5 nitrogen and oxygen atoms in total. The molecule has 1 aromatic carbocycles. The van der Waals surface area contributed by atoms with Gasteiger partial charge in [-0.2, -0.15) is 13.2 Å². The van der Waals surface area contributed by atoms with Crippen molar-refractivity contribution in [2.75, 3.05) is 19.3 Å². The summed E-state index contributed by atoms with van der Waals surface area (Å²) in [5.74, 6) is -3.53. The Labute approximate surface area is 146 Å². The van der Waals surface area contributed by atoms with Crippen molar-refractivity contribution in [3.05, 3.63) is 35.3 Å². The van der Waals surface area contributed by atoms with Gasteiger partial charge in [0.2, 0.25) is 0 Å². The minimum absolute atomic E-state index is 0.0803. The van der Waals surface area contributed by atoms with E-state index < -0.39 is 52.0 Å². The Balaban J connectivity index is 1.96. The highest BCUT2D eigenvalue weighted by molar-refractivity contribution is 7.91. The zero-order valence-electron chi connectivity index (χ0n) is 13.9. The van der Waals surface area contributed by atoms with Crippen molar-refractivity contribution in [1.29, 1.82) is 0 Å². The number of alkyl halides is 3. The van der Waals surface area contributed by atoms with Crippen molar-refractivity contribution in [2.45, 2.75) is 18.3 Å². The SMILES string of the molecule is Cc1ccc(F)c2[nH]c(C(=O)N3C[C@H](C(F)(F)F)[C@@H](S(C)(=O)=O)C3)cc12. The normalized spacial score (nSPS) is 21.5. The molecule has 1 N–H and O–H groups in total. The Morgan fingerprint density at radius 3 is 2.42 bits per heavy atom. The Morgan fingerprint density at radius 1 is 1.27 bits per heavy atom. The van der Waals surface area contributed by atoms with E-state index in [9.17, 15) is 30.8 Å². The van der Waals surface area contributed by atoms with Gasteiger partial charge in [0.25, 0.3) is 5.91 Å². The lowest BCUT2D eigenvalue weighted by Gasteiger charge is -2.19. The number of aromatic amines is 1. The van der Waals surface area contributed by atoms with E-state index in [0.717, 1.165) is 11.2 Å². The lowest BCUT2D eigenvalue weighted by Crippen LogP contribution is -2.37. The average Bonchev–Trinajstić information content (AvgIpc) is 3.14. The van der Waals surface area contributed by atoms with Crippen molar-refractivity contribution in [1.82, 2.24) is 9.88 Å². The number of rotatable bonds is 2. The molecule has 0 saturated carbocycles. The molecule has 1 amide bonds. The zero-order chi connectivity index (χ0) is 19.4. The minimum atomic E-state index is -4.74. The lowest BCUT2D eigenvalue weighted by atomic mass is 10.1. The molecule has 1 aromatic heterocycles. The number of hydrogen-bond acceptors (Lipinski definition) is 3. The standard InChI is InChI=1S/C16H16F4N2O3S/c1-8-3-4-11(17)14-9(8)5-12(21-14)15(23)22-6-10(16(18,19)20)13(7-22)26(2,24)25/h3-5,10,13,21H,6-7H2,1-2H3/t10-,13-/m0/s1. The van der Waals surface area contributed by atoms with Crippen LogP contribution in [0.1, 0.15) is 16.1 Å². The van der Waals surface area contributed by atoms with E-state index in [2.05, 4.69) is 4.98 Å². The number of nitrogens with zero attached hydrogens (tertiary/aromatic N) is 1. The van der Waals surface area contributed by atoms with Crippen LogP contribution in [0.2, 0.25) is 0 Å². The average molecular weight is 392 g/mol. The molecule has 1 aliphatic heterocycles. The highest BCUT2D eigenvalue weighted by Gasteiger charge is 2.54. The monoisotopic (exact) mass is 392 g/mol. The van der Waals surface area contributed by atoms with Crippen LogP contribution in [0.25, 0.3) is 10.9 Å². The summed E-state index contributed by atoms with van der Waals surface area (Å²) in [5, 5.41) is -1.27. The number of carbonyl (C=O) groups excluding carboxylic acids is 1. The first-order chi connectivity index (χ1) is 11.9. The second-order valence-electron chi connectivity index (χ2n) is 6.56. The fourth-order valence-corrected chi connectivity index (χ4v) is 4.59. The molecule has 3 rings (SSSR count). The van der Waals surface area contributed by atoms with Crippen molar-refractivity contribution in [3.63, 3.8) is 0 Å². The molecule has 0 unspecified atom stereocenters. The predicted octanol–water partition coefficient (Wildman–Crippen LogP) is 2.66. The summed E-state index contributed by atoms with van der Waals surface area (Å²) in [5.41, 5.74) is 0.697. The van der Waals surface area contributed by atoms with Crippen LogP contribution in [-0.2, 0) is 9.84 Å². The van der Waals surface area contributed by atoms with E-state index in [1.165, 1.54) is 18.2 Å². The number of carbonyl (C=O) groups is 1. The van der Waals surface area contributed by atoms with Crippen LogP contribution in [0.4, 0.5) is 17.6 Å². The van der Waals surface area contributed by atoms with Gasteiger partial charge < -0.3 is 9.88 Å². The van der Waals surface area contributed by atoms with Crippen LogP contribution in [-0.4, -0.2) is 55.0 Å². The summed E-state index contributed by atoms with van der Waals surface area (Å²) in [6.45, 7) is 0.397. The van der Waals surface area contributed by atoms with Gasteiger partial charge in [0.1, 0.15) is 11.5 Å². The number of sulfone groups is 1. The third-order valence-electron chi connectivity index (χ3n) is 4.72. The molecule has 142 valence electrons. The maximum atomic E-state index is 13.9. The molecular weight excluding hydrogens is 376 g/mol. The molecule has 1 fully saturated rings. The maximum Gasteiger partial charge on any atom is 0.394 e. The van der Waals surface area contributed by atoms with Gasteiger partial charge in [-0.05, 0) is 24.6 Å². The summed E-state index contributed by atoms with van der Waals surface area (Å²) >= 11 is 0. The van der Waals surface area contributed by atoms with Crippen molar-refractivity contribution >= 4 is 26.6 Å². The molecular formula is C16H16F4N2O3S. The van der Waals surface area contributed by atoms with Gasteiger partial charge in [0.15, 0.2) is 9.84 Å². The topological polar surface area (TPSA) is 70.2 Å². The molecule has 10 heteroatoms. The smallest absolute Gasteiger partial charge is 0.348 e. The molecule has 0 bridgehead atoms. The fourth-order valence-electron chi connectivity index (χ4n) is 3.30. The van der Waals surface area contributed by atoms with E-state index in [4.69, 9.17) is 0 Å². The molecule has 26 heavy (non-hydrogen) atoms. The van der Waals surface area contributed by atoms with Gasteiger partial charge >= 0.3 is 6.18 Å². The summed E-state index contributed by atoms with van der Waals surface area (Å²) in [7, 11) is -4.01. The van der Waals surface area contributed by atoms with Gasteiger partial charge in [-0.3, -0.25) is 4.79 Å². The molecule has 2 atom stereocenters. The van der Waals surface area contributed by atoms with Gasteiger partial charge in [-0.15, -0.1) is 0 Å². The second-order valence-corrected chi connectivity index (χ2v) is 8.83. The van der Waals surface area contributed by atoms with Crippen LogP contribution in [0, 0.1) is 18.7 Å². The third-order valence-corrected chi connectivity index (χ3v) is 6.29. The largest absolute Gasteiger partial charge is 0.394 e. The molecule has 1 aliphatic rings. The van der Waals surface area contributed by atoms with Gasteiger partial charge in [-0.25, -0.2) is 12.8 Å². The molecule has 1 saturated heterocycles. The van der Waals surface area contributed by atoms with Crippen LogP contribution in [0.3, 0.4) is 0 Å². The Kier molecular flexibility index (Phi) is 4.29. The third kappa shape index (κ3) is 3.17. The van der Waals surface area contributed by atoms with Gasteiger partial charge in [0.05, 0.1) is 16.7 Å². The number of amides is 1. The number of fused-ring (bicyclic) bond motifs is 1. The number of aromatic nitrogens is 1. The predicted molar refractivity (Wildman–Crippen MR) is 87.1 cm³/mol. The maximum absolute atomic E-state index is 13.9. The summed E-state index contributed by atoms with van der Waals surface area (Å²) < 4.78 is 76.9. The zero-order valence-corrected chi connectivity index (χ0v) is 14.7. The lowest BCUT2D eigenvalue weighted by molar-refractivity contribution is -0.169. The highest BCUT2D eigenvalue weighted by Crippen LogP contribution is 2.37. The highest BCUT2D eigenvalue weighted by atomic mass is 32.2. The minimum Gasteiger partial charge on any atom is -0.348 e. The van der Waals surface area contributed by atoms with E-state index in [-0.39, 0.29) is 11.2 Å². The van der Waals surface area contributed by atoms with E-state index in [1.54, 1.807) is 6.92 Å². The Bertz CT molecular complexity index is 942. The van der Waals surface area contributed by atoms with Crippen LogP contribution >= 0.6 is 0 Å². The molecule has 2 heterocycles. The van der Waals surface area contributed by atoms with Crippen molar-refractivity contribution < 1.29 is 30.8 Å². The first-order valence-electron chi connectivity index (χ1n) is 7.72. The summed E-state index contributed by atoms with van der Waals surface area (Å²) in [6, 6.07) is 4.11. The molecule has 0 radical (unpaired) electrons. The second kappa shape index (κ2) is 5.97. The number of halogens is 4. The Morgan fingerprint density at radius 2 is 1.92 bits per heavy atom. The van der Waals surface area contributed by atoms with E-state index in [0.29, 0.717) is 10.9 Å².